The summed E-state index contributed by atoms with van der Waals surface area (Å²) < 4.78 is 5.11. The van der Waals surface area contributed by atoms with Gasteiger partial charge in [0.05, 0.1) is 12.6 Å². The molecule has 0 aromatic carbocycles. The zero-order valence-electron chi connectivity index (χ0n) is 26.9. The van der Waals surface area contributed by atoms with Crippen LogP contribution in [0.3, 0.4) is 0 Å². The molecule has 0 bridgehead atoms. The molecule has 0 aliphatic heterocycles. The topological polar surface area (TPSA) is 8.81 Å². The highest BCUT2D eigenvalue weighted by Gasteiger charge is 2.18. The second-order valence-electron chi connectivity index (χ2n) is 12.6. The molecule has 0 aliphatic carbocycles. The van der Waals surface area contributed by atoms with Crippen LogP contribution in [0.5, 0.6) is 0 Å². The second kappa shape index (κ2) is 26.4. The van der Waals surface area contributed by atoms with E-state index in [0.717, 1.165) is 0 Å². The van der Waals surface area contributed by atoms with E-state index in [2.05, 4.69) is 49.2 Å². The molecule has 0 fully saturated rings. The van der Waals surface area contributed by atoms with Crippen LogP contribution in [0, 0.1) is 0 Å². The first-order valence-corrected chi connectivity index (χ1v) is 17.8. The lowest BCUT2D eigenvalue weighted by Crippen LogP contribution is -2.37. The zero-order chi connectivity index (χ0) is 27.5. The van der Waals surface area contributed by atoms with E-state index in [4.69, 9.17) is 0 Å². The summed E-state index contributed by atoms with van der Waals surface area (Å²) in [7, 11) is 0. The lowest BCUT2D eigenvalue weighted by molar-refractivity contribution is -0.704. The number of aryl methyl sites for hydroxylation is 1. The van der Waals surface area contributed by atoms with E-state index in [1.165, 1.54) is 180 Å². The van der Waals surface area contributed by atoms with E-state index in [-0.39, 0.29) is 0 Å². The van der Waals surface area contributed by atoms with Gasteiger partial charge in [0, 0.05) is 6.42 Å². The third-order valence-electron chi connectivity index (χ3n) is 8.60. The molecule has 0 radical (unpaired) electrons. The SMILES string of the molecule is CCCCCCCCCCCCCCCC[n+]1ccn(C(C)C)c1CCCCCCCCCCCCCC. The Kier molecular flexibility index (Phi) is 24.5. The molecule has 1 rings (SSSR count). The lowest BCUT2D eigenvalue weighted by Gasteiger charge is -2.08. The van der Waals surface area contributed by atoms with Gasteiger partial charge in [0.25, 0.3) is 5.82 Å². The summed E-state index contributed by atoms with van der Waals surface area (Å²) in [5, 5.41) is 0. The Hall–Kier alpha value is -0.790. The summed E-state index contributed by atoms with van der Waals surface area (Å²) in [6.45, 7) is 10.5. The Morgan fingerprint density at radius 2 is 0.842 bits per heavy atom. The normalized spacial score (nSPS) is 11.7. The summed E-state index contributed by atoms with van der Waals surface area (Å²) in [5.74, 6) is 1.57. The van der Waals surface area contributed by atoms with Crippen LogP contribution in [0.1, 0.15) is 207 Å². The molecule has 224 valence electrons. The number of rotatable bonds is 29. The molecule has 0 saturated carbocycles. The molecule has 0 saturated heterocycles. The number of nitrogens with zero attached hydrogens (tertiary/aromatic N) is 2. The average molecular weight is 532 g/mol. The van der Waals surface area contributed by atoms with Crippen molar-refractivity contribution in [2.75, 3.05) is 0 Å². The molecule has 38 heavy (non-hydrogen) atoms. The van der Waals surface area contributed by atoms with Crippen LogP contribution in [-0.2, 0) is 13.0 Å². The van der Waals surface area contributed by atoms with Crippen LogP contribution in [0.15, 0.2) is 12.4 Å². The molecule has 1 aromatic rings. The molecule has 0 amide bonds. The number of unbranched alkanes of at least 4 members (excludes halogenated alkanes) is 24. The zero-order valence-corrected chi connectivity index (χ0v) is 26.9. The second-order valence-corrected chi connectivity index (χ2v) is 12.6. The fourth-order valence-corrected chi connectivity index (χ4v) is 6.02. The first-order valence-electron chi connectivity index (χ1n) is 17.8. The van der Waals surface area contributed by atoms with E-state index in [1.54, 1.807) is 5.82 Å². The summed E-state index contributed by atoms with van der Waals surface area (Å²) in [6, 6.07) is 0.569. The van der Waals surface area contributed by atoms with E-state index < -0.39 is 0 Å². The molecule has 2 nitrogen and oxygen atoms in total. The van der Waals surface area contributed by atoms with Crippen molar-refractivity contribution in [1.82, 2.24) is 4.57 Å². The molecule has 1 heterocycles. The smallest absolute Gasteiger partial charge is 0.234 e. The minimum Gasteiger partial charge on any atom is -0.234 e. The Bertz CT molecular complexity index is 602. The van der Waals surface area contributed by atoms with Crippen molar-refractivity contribution in [2.24, 2.45) is 0 Å². The molecule has 0 unspecified atom stereocenters. The number of hydrogen-bond donors (Lipinski definition) is 0. The molecule has 1 aromatic heterocycles. The molecular formula is C36H71N2+. The van der Waals surface area contributed by atoms with Crippen LogP contribution in [0.25, 0.3) is 0 Å². The Labute approximate surface area is 240 Å². The number of aromatic nitrogens is 2. The molecule has 0 aliphatic rings. The highest BCUT2D eigenvalue weighted by molar-refractivity contribution is 4.86. The minimum atomic E-state index is 0.569. The van der Waals surface area contributed by atoms with Crippen LogP contribution in [0.4, 0.5) is 0 Å². The minimum absolute atomic E-state index is 0.569. The monoisotopic (exact) mass is 532 g/mol. The predicted octanol–water partition coefficient (Wildman–Crippen LogP) is 12.1. The van der Waals surface area contributed by atoms with Crippen LogP contribution < -0.4 is 4.57 Å². The first-order chi connectivity index (χ1) is 18.7. The van der Waals surface area contributed by atoms with Crippen LogP contribution in [0.2, 0.25) is 0 Å². The third-order valence-corrected chi connectivity index (χ3v) is 8.60. The van der Waals surface area contributed by atoms with Gasteiger partial charge in [-0.1, -0.05) is 162 Å². The van der Waals surface area contributed by atoms with E-state index in [0.29, 0.717) is 6.04 Å². The van der Waals surface area contributed by atoms with Gasteiger partial charge in [-0.25, -0.2) is 9.13 Å². The summed E-state index contributed by atoms with van der Waals surface area (Å²) in [5.41, 5.74) is 0. The van der Waals surface area contributed by atoms with Gasteiger partial charge in [-0.05, 0) is 33.1 Å². The largest absolute Gasteiger partial charge is 0.256 e. The van der Waals surface area contributed by atoms with Crippen molar-refractivity contribution in [3.8, 4) is 0 Å². The number of hydrogen-bond acceptors (Lipinski definition) is 0. The Morgan fingerprint density at radius 3 is 1.21 bits per heavy atom. The summed E-state index contributed by atoms with van der Waals surface area (Å²) in [6.07, 6.45) is 43.2. The van der Waals surface area contributed by atoms with Gasteiger partial charge < -0.3 is 0 Å². The molecule has 0 spiro atoms. The van der Waals surface area contributed by atoms with Crippen LogP contribution >= 0.6 is 0 Å². The average Bonchev–Trinajstić information content (AvgIpc) is 3.32. The molecule has 2 heteroatoms. The van der Waals surface area contributed by atoms with E-state index in [1.807, 2.05) is 0 Å². The summed E-state index contributed by atoms with van der Waals surface area (Å²) in [4.78, 5) is 0. The Morgan fingerprint density at radius 1 is 0.500 bits per heavy atom. The van der Waals surface area contributed by atoms with Gasteiger partial charge in [0.1, 0.15) is 12.4 Å². The first kappa shape index (κ1) is 35.2. The van der Waals surface area contributed by atoms with E-state index >= 15 is 0 Å². The fraction of sp³-hybridized carbons (Fsp3) is 0.917. The van der Waals surface area contributed by atoms with Crippen molar-refractivity contribution in [1.29, 1.82) is 0 Å². The highest BCUT2D eigenvalue weighted by atomic mass is 15.2. The third kappa shape index (κ3) is 19.3. The van der Waals surface area contributed by atoms with Crippen molar-refractivity contribution in [2.45, 2.75) is 214 Å². The highest BCUT2D eigenvalue weighted by Crippen LogP contribution is 2.16. The maximum Gasteiger partial charge on any atom is 0.256 e. The van der Waals surface area contributed by atoms with Crippen molar-refractivity contribution in [3.63, 3.8) is 0 Å². The van der Waals surface area contributed by atoms with Gasteiger partial charge in [-0.15, -0.1) is 0 Å². The quantitative estimate of drug-likeness (QED) is 0.0717. The van der Waals surface area contributed by atoms with Crippen molar-refractivity contribution < 1.29 is 4.57 Å². The van der Waals surface area contributed by atoms with Crippen molar-refractivity contribution in [3.05, 3.63) is 18.2 Å². The van der Waals surface area contributed by atoms with Gasteiger partial charge >= 0.3 is 0 Å². The summed E-state index contributed by atoms with van der Waals surface area (Å²) >= 11 is 0. The molecule has 0 atom stereocenters. The van der Waals surface area contributed by atoms with Gasteiger partial charge in [-0.2, -0.15) is 0 Å². The van der Waals surface area contributed by atoms with Crippen LogP contribution in [-0.4, -0.2) is 4.57 Å². The molecule has 0 N–H and O–H groups in total. The lowest BCUT2D eigenvalue weighted by atomic mass is 10.0. The maximum atomic E-state index is 2.58. The maximum absolute atomic E-state index is 2.58. The number of imidazole rings is 1. The van der Waals surface area contributed by atoms with Gasteiger partial charge in [0.2, 0.25) is 0 Å². The predicted molar refractivity (Wildman–Crippen MR) is 170 cm³/mol. The standard InChI is InChI=1S/C36H71N2/c1-5-7-9-11-13-15-17-19-20-22-24-26-28-30-32-37-33-34-38(35(3)4)36(37)31-29-27-25-23-21-18-16-14-12-10-8-6-2/h33-35H,5-32H2,1-4H3/q+1. The van der Waals surface area contributed by atoms with Crippen molar-refractivity contribution >= 4 is 0 Å². The molecular weight excluding hydrogens is 460 g/mol. The van der Waals surface area contributed by atoms with Gasteiger partial charge in [-0.3, -0.25) is 0 Å². The Balaban J connectivity index is 2.07. The fourth-order valence-electron chi connectivity index (χ4n) is 6.02. The van der Waals surface area contributed by atoms with E-state index in [9.17, 15) is 0 Å². The van der Waals surface area contributed by atoms with Gasteiger partial charge in [0.15, 0.2) is 0 Å².